The molecule has 1 aromatic heterocycles. The highest BCUT2D eigenvalue weighted by Gasteiger charge is 2.54. The Hall–Kier alpha value is -1.36. The van der Waals surface area contributed by atoms with E-state index in [4.69, 9.17) is 10.8 Å². The Kier molecular flexibility index (Phi) is 2.54. The summed E-state index contributed by atoms with van der Waals surface area (Å²) in [4.78, 5) is 11.1. The number of aromatic nitrogens is 2. The number of aromatic amines is 1. The number of aliphatic carboxylic acids is 1. The van der Waals surface area contributed by atoms with Crippen molar-refractivity contribution in [2.45, 2.75) is 50.5 Å². The van der Waals surface area contributed by atoms with E-state index in [1.54, 1.807) is 6.20 Å². The highest BCUT2D eigenvalue weighted by Crippen LogP contribution is 2.52. The molecule has 1 fully saturated rings. The Morgan fingerprint density at radius 2 is 2.18 bits per heavy atom. The first-order chi connectivity index (χ1) is 7.79. The minimum Gasteiger partial charge on any atom is -0.480 e. The van der Waals surface area contributed by atoms with Crippen molar-refractivity contribution in [1.82, 2.24) is 10.2 Å². The Labute approximate surface area is 100 Å². The number of carboxylic acids is 1. The molecule has 17 heavy (non-hydrogen) atoms. The van der Waals surface area contributed by atoms with Crippen molar-refractivity contribution in [3.05, 3.63) is 17.5 Å². The lowest BCUT2D eigenvalue weighted by Gasteiger charge is -2.25. The number of carboxylic acid groups (broad SMARTS) is 1. The monoisotopic (exact) mass is 237 g/mol. The van der Waals surface area contributed by atoms with E-state index in [1.165, 1.54) is 0 Å². The van der Waals surface area contributed by atoms with Crippen molar-refractivity contribution < 1.29 is 9.90 Å². The third-order valence-electron chi connectivity index (χ3n) is 3.58. The maximum atomic E-state index is 11.1. The summed E-state index contributed by atoms with van der Waals surface area (Å²) in [6.07, 6.45) is 3.38. The Morgan fingerprint density at radius 3 is 2.59 bits per heavy atom. The molecule has 5 nitrogen and oxygen atoms in total. The average molecular weight is 237 g/mol. The quantitative estimate of drug-likeness (QED) is 0.735. The van der Waals surface area contributed by atoms with Crippen LogP contribution in [0.2, 0.25) is 0 Å². The van der Waals surface area contributed by atoms with E-state index < -0.39 is 17.4 Å². The zero-order valence-corrected chi connectivity index (χ0v) is 10.4. The topological polar surface area (TPSA) is 92.0 Å². The first kappa shape index (κ1) is 12.1. The summed E-state index contributed by atoms with van der Waals surface area (Å²) < 4.78 is 0. The maximum Gasteiger partial charge on any atom is 0.321 e. The molecule has 1 aliphatic carbocycles. The van der Waals surface area contributed by atoms with Gasteiger partial charge >= 0.3 is 5.97 Å². The van der Waals surface area contributed by atoms with Crippen LogP contribution in [0.25, 0.3) is 0 Å². The van der Waals surface area contributed by atoms with Crippen molar-refractivity contribution in [2.24, 2.45) is 5.73 Å². The number of H-pyrrole nitrogens is 1. The summed E-state index contributed by atoms with van der Waals surface area (Å²) in [5, 5.41) is 16.1. The number of nitrogens with one attached hydrogen (secondary N) is 1. The molecule has 4 N–H and O–H groups in total. The molecule has 1 atom stereocenters. The van der Waals surface area contributed by atoms with Gasteiger partial charge in [0.05, 0.1) is 6.20 Å². The van der Waals surface area contributed by atoms with E-state index in [0.29, 0.717) is 0 Å². The largest absolute Gasteiger partial charge is 0.480 e. The Bertz CT molecular complexity index is 441. The lowest BCUT2D eigenvalue weighted by atomic mass is 9.81. The summed E-state index contributed by atoms with van der Waals surface area (Å²) in [5.41, 5.74) is 7.28. The van der Waals surface area contributed by atoms with Crippen LogP contribution < -0.4 is 5.73 Å². The minimum atomic E-state index is -0.941. The number of hydrogen-bond acceptors (Lipinski definition) is 3. The number of hydrogen-bond donors (Lipinski definition) is 3. The van der Waals surface area contributed by atoms with Crippen molar-refractivity contribution in [3.8, 4) is 0 Å². The second kappa shape index (κ2) is 3.57. The van der Waals surface area contributed by atoms with E-state index in [9.17, 15) is 4.79 Å². The summed E-state index contributed by atoms with van der Waals surface area (Å²) >= 11 is 0. The van der Waals surface area contributed by atoms with E-state index >= 15 is 0 Å². The SMILES string of the molecule is CC(C)(C)c1[nH]ncc1C1(C(N)C(=O)O)CC1. The van der Waals surface area contributed by atoms with E-state index in [0.717, 1.165) is 24.1 Å². The maximum absolute atomic E-state index is 11.1. The van der Waals surface area contributed by atoms with Crippen LogP contribution in [0.5, 0.6) is 0 Å². The van der Waals surface area contributed by atoms with Crippen LogP contribution in [0.15, 0.2) is 6.20 Å². The first-order valence-corrected chi connectivity index (χ1v) is 5.82. The number of nitrogens with zero attached hydrogens (tertiary/aromatic N) is 1. The second-order valence-corrected chi connectivity index (χ2v) is 5.88. The molecule has 0 bridgehead atoms. The molecule has 2 rings (SSSR count). The van der Waals surface area contributed by atoms with Gasteiger partial charge in [-0.25, -0.2) is 0 Å². The number of rotatable bonds is 3. The van der Waals surface area contributed by atoms with Crippen LogP contribution in [-0.4, -0.2) is 27.3 Å². The van der Waals surface area contributed by atoms with Crippen LogP contribution in [0.1, 0.15) is 44.9 Å². The lowest BCUT2D eigenvalue weighted by Crippen LogP contribution is -2.42. The van der Waals surface area contributed by atoms with Gasteiger partial charge in [0.1, 0.15) is 6.04 Å². The Morgan fingerprint density at radius 1 is 1.59 bits per heavy atom. The highest BCUT2D eigenvalue weighted by atomic mass is 16.4. The molecule has 0 aliphatic heterocycles. The van der Waals surface area contributed by atoms with Crippen molar-refractivity contribution in [2.75, 3.05) is 0 Å². The highest BCUT2D eigenvalue weighted by molar-refractivity contribution is 5.77. The predicted octanol–water partition coefficient (Wildman–Crippen LogP) is 1.15. The zero-order chi connectivity index (χ0) is 12.8. The second-order valence-electron chi connectivity index (χ2n) is 5.88. The molecule has 1 saturated carbocycles. The standard InChI is InChI=1S/C12H19N3O2/c1-11(2,3)9-7(6-14-15-9)12(4-5-12)8(13)10(16)17/h6,8H,4-5,13H2,1-3H3,(H,14,15)(H,16,17). The van der Waals surface area contributed by atoms with Gasteiger partial charge < -0.3 is 10.8 Å². The third kappa shape index (κ3) is 1.84. The smallest absolute Gasteiger partial charge is 0.321 e. The van der Waals surface area contributed by atoms with E-state index in [-0.39, 0.29) is 5.41 Å². The normalized spacial score (nSPS) is 20.0. The van der Waals surface area contributed by atoms with Gasteiger partial charge in [-0.2, -0.15) is 5.10 Å². The molecule has 1 aromatic rings. The molecular weight excluding hydrogens is 218 g/mol. The summed E-state index contributed by atoms with van der Waals surface area (Å²) in [6.45, 7) is 6.23. The molecule has 0 spiro atoms. The summed E-state index contributed by atoms with van der Waals surface area (Å²) in [5.74, 6) is -0.941. The fourth-order valence-corrected chi connectivity index (χ4v) is 2.35. The zero-order valence-electron chi connectivity index (χ0n) is 10.4. The molecular formula is C12H19N3O2. The molecule has 0 amide bonds. The number of carbonyl (C=O) groups is 1. The van der Waals surface area contributed by atoms with Crippen molar-refractivity contribution in [3.63, 3.8) is 0 Å². The van der Waals surface area contributed by atoms with Crippen LogP contribution in [0, 0.1) is 0 Å². The third-order valence-corrected chi connectivity index (χ3v) is 3.58. The average Bonchev–Trinajstić information content (AvgIpc) is 2.84. The van der Waals surface area contributed by atoms with E-state index in [2.05, 4.69) is 31.0 Å². The fraction of sp³-hybridized carbons (Fsp3) is 0.667. The number of nitrogens with two attached hydrogens (primary N) is 1. The van der Waals surface area contributed by atoms with Gasteiger partial charge in [-0.1, -0.05) is 20.8 Å². The van der Waals surface area contributed by atoms with Gasteiger partial charge in [-0.05, 0) is 12.8 Å². The van der Waals surface area contributed by atoms with Gasteiger partial charge in [0.15, 0.2) is 0 Å². The molecule has 94 valence electrons. The fourth-order valence-electron chi connectivity index (χ4n) is 2.35. The van der Waals surface area contributed by atoms with Crippen LogP contribution in [-0.2, 0) is 15.6 Å². The van der Waals surface area contributed by atoms with Gasteiger partial charge in [-0.15, -0.1) is 0 Å². The molecule has 0 radical (unpaired) electrons. The van der Waals surface area contributed by atoms with E-state index in [1.807, 2.05) is 0 Å². The summed E-state index contributed by atoms with van der Waals surface area (Å²) in [7, 11) is 0. The van der Waals surface area contributed by atoms with Gasteiger partial charge in [0.25, 0.3) is 0 Å². The molecule has 1 unspecified atom stereocenters. The molecule has 1 heterocycles. The van der Waals surface area contributed by atoms with Gasteiger partial charge in [0, 0.05) is 22.1 Å². The summed E-state index contributed by atoms with van der Waals surface area (Å²) in [6, 6.07) is -0.846. The predicted molar refractivity (Wildman–Crippen MR) is 63.8 cm³/mol. The van der Waals surface area contributed by atoms with Gasteiger partial charge in [0.2, 0.25) is 0 Å². The molecule has 0 saturated heterocycles. The van der Waals surface area contributed by atoms with Crippen molar-refractivity contribution in [1.29, 1.82) is 0 Å². The van der Waals surface area contributed by atoms with Gasteiger partial charge in [-0.3, -0.25) is 9.89 Å². The van der Waals surface area contributed by atoms with Crippen LogP contribution in [0.3, 0.4) is 0 Å². The Balaban J connectivity index is 2.42. The molecule has 1 aliphatic rings. The lowest BCUT2D eigenvalue weighted by molar-refractivity contribution is -0.139. The first-order valence-electron chi connectivity index (χ1n) is 5.82. The molecule has 5 heteroatoms. The van der Waals surface area contributed by atoms with Crippen molar-refractivity contribution >= 4 is 5.97 Å². The van der Waals surface area contributed by atoms with Crippen LogP contribution >= 0.6 is 0 Å². The minimum absolute atomic E-state index is 0.0837. The molecule has 0 aromatic carbocycles. The van der Waals surface area contributed by atoms with Crippen LogP contribution in [0.4, 0.5) is 0 Å².